The van der Waals surface area contributed by atoms with Gasteiger partial charge in [0.2, 0.25) is 0 Å². The minimum atomic E-state index is -2.44. The number of rotatable bonds is 6. The SMILES string of the molecule is FC(F)COc1ccc(CN2CCC(c3ccn[nH]3)CC2)cc1. The van der Waals surface area contributed by atoms with E-state index in [9.17, 15) is 8.78 Å². The molecule has 0 spiro atoms. The molecule has 1 N–H and O–H groups in total. The Morgan fingerprint density at radius 1 is 1.17 bits per heavy atom. The Morgan fingerprint density at radius 2 is 1.91 bits per heavy atom. The molecule has 1 saturated heterocycles. The summed E-state index contributed by atoms with van der Waals surface area (Å²) in [5.41, 5.74) is 2.40. The van der Waals surface area contributed by atoms with Crippen LogP contribution in [0.15, 0.2) is 36.5 Å². The highest BCUT2D eigenvalue weighted by atomic mass is 19.3. The normalized spacial score (nSPS) is 16.8. The molecule has 2 aromatic rings. The maximum Gasteiger partial charge on any atom is 0.272 e. The number of aromatic nitrogens is 2. The standard InChI is InChI=1S/C17H21F2N3O/c18-17(19)12-23-15-3-1-13(2-4-15)11-22-9-6-14(7-10-22)16-5-8-20-21-16/h1-5,8,14,17H,6-7,9-12H2,(H,20,21). The summed E-state index contributed by atoms with van der Waals surface area (Å²) in [6, 6.07) is 9.46. The van der Waals surface area contributed by atoms with Crippen LogP contribution in [0.25, 0.3) is 0 Å². The fraction of sp³-hybridized carbons (Fsp3) is 0.471. The van der Waals surface area contributed by atoms with Crippen LogP contribution in [0.2, 0.25) is 0 Å². The number of hydrogen-bond donors (Lipinski definition) is 1. The highest BCUT2D eigenvalue weighted by Gasteiger charge is 2.21. The summed E-state index contributed by atoms with van der Waals surface area (Å²) in [6.45, 7) is 2.42. The molecule has 0 saturated carbocycles. The molecule has 3 rings (SSSR count). The summed E-state index contributed by atoms with van der Waals surface area (Å²) in [6.07, 6.45) is 1.61. The second kappa shape index (κ2) is 7.55. The Labute approximate surface area is 134 Å². The Hall–Kier alpha value is -1.95. The zero-order valence-electron chi connectivity index (χ0n) is 12.9. The number of likely N-dealkylation sites (tertiary alicyclic amines) is 1. The lowest BCUT2D eigenvalue weighted by Crippen LogP contribution is -2.32. The quantitative estimate of drug-likeness (QED) is 0.886. The van der Waals surface area contributed by atoms with Gasteiger partial charge in [-0.25, -0.2) is 8.78 Å². The number of ether oxygens (including phenoxy) is 1. The Bertz CT molecular complexity index is 578. The van der Waals surface area contributed by atoms with Crippen LogP contribution in [-0.2, 0) is 6.54 Å². The molecular weight excluding hydrogens is 300 g/mol. The van der Waals surface area contributed by atoms with Gasteiger partial charge in [-0.15, -0.1) is 0 Å². The molecule has 0 amide bonds. The van der Waals surface area contributed by atoms with Gasteiger partial charge >= 0.3 is 0 Å². The number of benzene rings is 1. The van der Waals surface area contributed by atoms with Crippen molar-refractivity contribution in [3.05, 3.63) is 47.8 Å². The molecule has 0 radical (unpaired) electrons. The van der Waals surface area contributed by atoms with Crippen LogP contribution in [0.3, 0.4) is 0 Å². The lowest BCUT2D eigenvalue weighted by molar-refractivity contribution is 0.0819. The molecule has 0 unspecified atom stereocenters. The second-order valence-electron chi connectivity index (χ2n) is 5.91. The number of nitrogens with one attached hydrogen (secondary N) is 1. The third kappa shape index (κ3) is 4.51. The van der Waals surface area contributed by atoms with E-state index in [1.807, 2.05) is 12.1 Å². The van der Waals surface area contributed by atoms with Gasteiger partial charge in [-0.2, -0.15) is 5.10 Å². The van der Waals surface area contributed by atoms with Crippen molar-refractivity contribution >= 4 is 0 Å². The first-order chi connectivity index (χ1) is 11.2. The van der Waals surface area contributed by atoms with E-state index in [1.165, 1.54) is 11.3 Å². The number of nitrogens with zero attached hydrogens (tertiary/aromatic N) is 2. The maximum atomic E-state index is 12.1. The minimum absolute atomic E-state index is 0.493. The molecule has 23 heavy (non-hydrogen) atoms. The van der Waals surface area contributed by atoms with Gasteiger partial charge in [0.15, 0.2) is 0 Å². The van der Waals surface area contributed by atoms with Crippen LogP contribution in [0, 0.1) is 0 Å². The predicted octanol–water partition coefficient (Wildman–Crippen LogP) is 3.43. The van der Waals surface area contributed by atoms with Crippen LogP contribution in [0.1, 0.15) is 30.0 Å². The molecule has 4 nitrogen and oxygen atoms in total. The lowest BCUT2D eigenvalue weighted by Gasteiger charge is -2.31. The molecule has 1 aromatic heterocycles. The van der Waals surface area contributed by atoms with Gasteiger partial charge in [-0.1, -0.05) is 12.1 Å². The first kappa shape index (κ1) is 15.9. The number of hydrogen-bond acceptors (Lipinski definition) is 3. The number of H-pyrrole nitrogens is 1. The van der Waals surface area contributed by atoms with Crippen molar-refractivity contribution in [2.45, 2.75) is 31.7 Å². The van der Waals surface area contributed by atoms with E-state index in [0.29, 0.717) is 11.7 Å². The summed E-state index contributed by atoms with van der Waals surface area (Å²) < 4.78 is 29.2. The Kier molecular flexibility index (Phi) is 5.23. The van der Waals surface area contributed by atoms with E-state index >= 15 is 0 Å². The van der Waals surface area contributed by atoms with Crippen LogP contribution < -0.4 is 4.74 Å². The zero-order valence-corrected chi connectivity index (χ0v) is 12.9. The second-order valence-corrected chi connectivity index (χ2v) is 5.91. The Morgan fingerprint density at radius 3 is 2.52 bits per heavy atom. The monoisotopic (exact) mass is 321 g/mol. The van der Waals surface area contributed by atoms with E-state index in [4.69, 9.17) is 4.74 Å². The molecule has 0 atom stereocenters. The summed E-state index contributed by atoms with van der Waals surface area (Å²) in [7, 11) is 0. The molecule has 1 aliphatic heterocycles. The van der Waals surface area contributed by atoms with Crippen molar-refractivity contribution in [2.75, 3.05) is 19.7 Å². The van der Waals surface area contributed by atoms with Gasteiger partial charge in [0, 0.05) is 24.4 Å². The van der Waals surface area contributed by atoms with E-state index in [-0.39, 0.29) is 0 Å². The Balaban J connectivity index is 1.47. The van der Waals surface area contributed by atoms with Gasteiger partial charge in [-0.05, 0) is 49.7 Å². The molecule has 1 aromatic carbocycles. The molecule has 1 fully saturated rings. The molecule has 2 heterocycles. The van der Waals surface area contributed by atoms with Gasteiger partial charge < -0.3 is 4.74 Å². The molecule has 0 bridgehead atoms. The van der Waals surface area contributed by atoms with Crippen LogP contribution in [0.4, 0.5) is 8.78 Å². The average molecular weight is 321 g/mol. The topological polar surface area (TPSA) is 41.1 Å². The fourth-order valence-corrected chi connectivity index (χ4v) is 3.00. The summed E-state index contributed by atoms with van der Waals surface area (Å²) in [4.78, 5) is 2.42. The van der Waals surface area contributed by atoms with Crippen LogP contribution in [-0.4, -0.2) is 41.2 Å². The maximum absolute atomic E-state index is 12.1. The van der Waals surface area contributed by atoms with Gasteiger partial charge in [0.25, 0.3) is 6.43 Å². The largest absolute Gasteiger partial charge is 0.488 e. The van der Waals surface area contributed by atoms with Crippen molar-refractivity contribution in [1.29, 1.82) is 0 Å². The third-order valence-corrected chi connectivity index (χ3v) is 4.26. The highest BCUT2D eigenvalue weighted by Crippen LogP contribution is 2.27. The van der Waals surface area contributed by atoms with E-state index in [0.717, 1.165) is 32.5 Å². The van der Waals surface area contributed by atoms with Crippen molar-refractivity contribution in [3.8, 4) is 5.75 Å². The zero-order chi connectivity index (χ0) is 16.1. The van der Waals surface area contributed by atoms with E-state index in [2.05, 4.69) is 21.2 Å². The smallest absolute Gasteiger partial charge is 0.272 e. The average Bonchev–Trinajstić information content (AvgIpc) is 3.09. The molecule has 124 valence electrons. The van der Waals surface area contributed by atoms with Crippen LogP contribution >= 0.6 is 0 Å². The lowest BCUT2D eigenvalue weighted by atomic mass is 9.93. The summed E-state index contributed by atoms with van der Waals surface area (Å²) in [5.74, 6) is 1.06. The number of piperidine rings is 1. The number of aromatic amines is 1. The van der Waals surface area contributed by atoms with Gasteiger partial charge in [0.1, 0.15) is 12.4 Å². The van der Waals surface area contributed by atoms with E-state index < -0.39 is 13.0 Å². The van der Waals surface area contributed by atoms with Crippen molar-refractivity contribution in [3.63, 3.8) is 0 Å². The molecular formula is C17H21F2N3O. The fourth-order valence-electron chi connectivity index (χ4n) is 3.00. The third-order valence-electron chi connectivity index (χ3n) is 4.26. The molecule has 0 aliphatic carbocycles. The number of alkyl halides is 2. The first-order valence-electron chi connectivity index (χ1n) is 7.92. The van der Waals surface area contributed by atoms with Crippen LogP contribution in [0.5, 0.6) is 5.75 Å². The van der Waals surface area contributed by atoms with E-state index in [1.54, 1.807) is 18.3 Å². The summed E-state index contributed by atoms with van der Waals surface area (Å²) >= 11 is 0. The van der Waals surface area contributed by atoms with Crippen molar-refractivity contribution < 1.29 is 13.5 Å². The number of halogens is 2. The first-order valence-corrected chi connectivity index (χ1v) is 7.92. The summed E-state index contributed by atoms with van der Waals surface area (Å²) in [5, 5.41) is 7.08. The van der Waals surface area contributed by atoms with Crippen molar-refractivity contribution in [2.24, 2.45) is 0 Å². The minimum Gasteiger partial charge on any atom is -0.488 e. The highest BCUT2D eigenvalue weighted by molar-refractivity contribution is 5.27. The van der Waals surface area contributed by atoms with Gasteiger partial charge in [-0.3, -0.25) is 10.00 Å². The molecule has 1 aliphatic rings. The molecule has 6 heteroatoms. The van der Waals surface area contributed by atoms with Crippen molar-refractivity contribution in [1.82, 2.24) is 15.1 Å². The van der Waals surface area contributed by atoms with Gasteiger partial charge in [0.05, 0.1) is 0 Å². The predicted molar refractivity (Wildman–Crippen MR) is 83.8 cm³/mol.